The topological polar surface area (TPSA) is 125 Å². The zero-order valence-electron chi connectivity index (χ0n) is 15.2. The van der Waals surface area contributed by atoms with E-state index in [2.05, 4.69) is 15.6 Å². The number of hydrogen-bond acceptors (Lipinski definition) is 7. The van der Waals surface area contributed by atoms with E-state index in [0.29, 0.717) is 18.9 Å². The quantitative estimate of drug-likeness (QED) is 0.363. The molecule has 8 nitrogen and oxygen atoms in total. The van der Waals surface area contributed by atoms with E-state index in [1.165, 1.54) is 12.3 Å². The molecule has 0 fully saturated rings. The molecule has 0 saturated heterocycles. The molecule has 0 aliphatic carbocycles. The molecule has 1 aromatic rings. The first-order valence-corrected chi connectivity index (χ1v) is 12.8. The normalized spacial score (nSPS) is 15.5. The van der Waals surface area contributed by atoms with Crippen molar-refractivity contribution >= 4 is 37.0 Å². The van der Waals surface area contributed by atoms with Crippen molar-refractivity contribution in [1.29, 1.82) is 0 Å². The molecule has 11 heteroatoms. The SMILES string of the molecule is CCNC(=NCC(O)CS(=O)(=O)c1cccs1)NC(C)CCS(C)(=O)=O. The Kier molecular flexibility index (Phi) is 9.01. The Morgan fingerprint density at radius 2 is 2.04 bits per heavy atom. The van der Waals surface area contributed by atoms with Crippen molar-refractivity contribution in [2.45, 2.75) is 36.6 Å². The van der Waals surface area contributed by atoms with Crippen molar-refractivity contribution in [3.05, 3.63) is 17.5 Å². The summed E-state index contributed by atoms with van der Waals surface area (Å²) >= 11 is 1.11. The van der Waals surface area contributed by atoms with Crippen LogP contribution in [0.15, 0.2) is 26.7 Å². The number of thiophene rings is 1. The monoisotopic (exact) mass is 425 g/mol. The smallest absolute Gasteiger partial charge is 0.191 e. The minimum absolute atomic E-state index is 0.0578. The second kappa shape index (κ2) is 10.2. The lowest BCUT2D eigenvalue weighted by Crippen LogP contribution is -2.43. The minimum atomic E-state index is -3.53. The summed E-state index contributed by atoms with van der Waals surface area (Å²) in [6.07, 6.45) is 0.464. The predicted molar refractivity (Wildman–Crippen MR) is 105 cm³/mol. The van der Waals surface area contributed by atoms with E-state index in [9.17, 15) is 21.9 Å². The van der Waals surface area contributed by atoms with Gasteiger partial charge >= 0.3 is 0 Å². The summed E-state index contributed by atoms with van der Waals surface area (Å²) in [6, 6.07) is 3.01. The van der Waals surface area contributed by atoms with Gasteiger partial charge in [0.15, 0.2) is 15.8 Å². The van der Waals surface area contributed by atoms with E-state index in [1.54, 1.807) is 11.4 Å². The third-order valence-corrected chi connectivity index (χ3v) is 7.58. The van der Waals surface area contributed by atoms with Gasteiger partial charge in [0.2, 0.25) is 0 Å². The van der Waals surface area contributed by atoms with E-state index in [-0.39, 0.29) is 22.5 Å². The molecule has 0 spiro atoms. The van der Waals surface area contributed by atoms with Gasteiger partial charge in [-0.3, -0.25) is 4.99 Å². The maximum absolute atomic E-state index is 12.1. The Balaban J connectivity index is 2.62. The van der Waals surface area contributed by atoms with Crippen molar-refractivity contribution in [3.8, 4) is 0 Å². The zero-order valence-corrected chi connectivity index (χ0v) is 17.6. The summed E-state index contributed by atoms with van der Waals surface area (Å²) in [6.45, 7) is 4.19. The molecule has 0 radical (unpaired) electrons. The summed E-state index contributed by atoms with van der Waals surface area (Å²) in [5.41, 5.74) is 0. The van der Waals surface area contributed by atoms with Gasteiger partial charge in [-0.25, -0.2) is 16.8 Å². The van der Waals surface area contributed by atoms with E-state index in [4.69, 9.17) is 0 Å². The lowest BCUT2D eigenvalue weighted by Gasteiger charge is -2.18. The molecule has 0 saturated carbocycles. The van der Waals surface area contributed by atoms with Crippen molar-refractivity contribution in [2.24, 2.45) is 4.99 Å². The van der Waals surface area contributed by atoms with Gasteiger partial charge in [0, 0.05) is 18.8 Å². The van der Waals surface area contributed by atoms with Gasteiger partial charge in [0.05, 0.1) is 24.2 Å². The first kappa shape index (κ1) is 22.9. The Morgan fingerprint density at radius 3 is 2.58 bits per heavy atom. The average molecular weight is 426 g/mol. The van der Waals surface area contributed by atoms with Crippen molar-refractivity contribution < 1.29 is 21.9 Å². The highest BCUT2D eigenvalue weighted by Gasteiger charge is 2.20. The van der Waals surface area contributed by atoms with E-state index in [1.807, 2.05) is 13.8 Å². The molecular weight excluding hydrogens is 398 g/mol. The van der Waals surface area contributed by atoms with Crippen LogP contribution >= 0.6 is 11.3 Å². The van der Waals surface area contributed by atoms with Crippen molar-refractivity contribution in [2.75, 3.05) is 30.9 Å². The molecule has 2 atom stereocenters. The first-order valence-electron chi connectivity index (χ1n) is 8.20. The van der Waals surface area contributed by atoms with E-state index < -0.39 is 31.5 Å². The minimum Gasteiger partial charge on any atom is -0.390 e. The summed E-state index contributed by atoms with van der Waals surface area (Å²) in [7, 11) is -6.57. The highest BCUT2D eigenvalue weighted by molar-refractivity contribution is 7.93. The highest BCUT2D eigenvalue weighted by Crippen LogP contribution is 2.18. The largest absolute Gasteiger partial charge is 0.390 e. The van der Waals surface area contributed by atoms with Gasteiger partial charge in [0.1, 0.15) is 14.0 Å². The van der Waals surface area contributed by atoms with Crippen LogP contribution < -0.4 is 10.6 Å². The standard InChI is InChI=1S/C15H27N3O5S3/c1-4-16-15(18-12(2)7-9-25(3,20)21)17-10-13(19)11-26(22,23)14-6-5-8-24-14/h5-6,8,12-13,19H,4,7,9-11H2,1-3H3,(H2,16,17,18). The number of aliphatic hydroxyl groups is 1. The number of nitrogens with one attached hydrogen (secondary N) is 2. The fourth-order valence-electron chi connectivity index (χ4n) is 2.04. The van der Waals surface area contributed by atoms with E-state index in [0.717, 1.165) is 11.3 Å². The van der Waals surface area contributed by atoms with Gasteiger partial charge in [-0.2, -0.15) is 0 Å². The Labute approximate surface area is 159 Å². The van der Waals surface area contributed by atoms with Crippen LogP contribution in [0, 0.1) is 0 Å². The van der Waals surface area contributed by atoms with Crippen LogP contribution in [0.5, 0.6) is 0 Å². The average Bonchev–Trinajstić information content (AvgIpc) is 3.05. The van der Waals surface area contributed by atoms with Crippen LogP contribution in [-0.2, 0) is 19.7 Å². The molecule has 1 aromatic heterocycles. The van der Waals surface area contributed by atoms with Crippen LogP contribution in [0.25, 0.3) is 0 Å². The lowest BCUT2D eigenvalue weighted by molar-refractivity contribution is 0.206. The van der Waals surface area contributed by atoms with E-state index >= 15 is 0 Å². The number of nitrogens with zero attached hydrogens (tertiary/aromatic N) is 1. The second-order valence-electron chi connectivity index (χ2n) is 6.05. The summed E-state index contributed by atoms with van der Waals surface area (Å²) in [4.78, 5) is 4.20. The maximum Gasteiger partial charge on any atom is 0.191 e. The van der Waals surface area contributed by atoms with Crippen LogP contribution in [0.4, 0.5) is 0 Å². The van der Waals surface area contributed by atoms with Crippen LogP contribution in [-0.4, -0.2) is 70.9 Å². The van der Waals surface area contributed by atoms with Gasteiger partial charge in [0.25, 0.3) is 0 Å². The number of aliphatic imine (C=N–C) groups is 1. The molecule has 0 aromatic carbocycles. The van der Waals surface area contributed by atoms with Crippen LogP contribution in [0.3, 0.4) is 0 Å². The number of rotatable bonds is 10. The molecule has 3 N–H and O–H groups in total. The molecule has 0 amide bonds. The Hall–Kier alpha value is -1.17. The van der Waals surface area contributed by atoms with Gasteiger partial charge in [-0.05, 0) is 31.7 Å². The van der Waals surface area contributed by atoms with Crippen LogP contribution in [0.2, 0.25) is 0 Å². The molecular formula is C15H27N3O5S3. The van der Waals surface area contributed by atoms with Gasteiger partial charge in [-0.15, -0.1) is 11.3 Å². The Morgan fingerprint density at radius 1 is 1.35 bits per heavy atom. The molecule has 1 heterocycles. The predicted octanol–water partition coefficient (Wildman–Crippen LogP) is 0.261. The zero-order chi connectivity index (χ0) is 19.8. The number of guanidine groups is 1. The molecule has 0 bridgehead atoms. The molecule has 0 aliphatic heterocycles. The molecule has 150 valence electrons. The lowest BCUT2D eigenvalue weighted by atomic mass is 10.3. The Bertz CT molecular complexity index is 773. The number of sulfone groups is 2. The van der Waals surface area contributed by atoms with Gasteiger partial charge in [-0.1, -0.05) is 6.07 Å². The molecule has 0 aliphatic rings. The number of aliphatic hydroxyl groups excluding tert-OH is 1. The van der Waals surface area contributed by atoms with Crippen molar-refractivity contribution in [1.82, 2.24) is 10.6 Å². The third-order valence-electron chi connectivity index (χ3n) is 3.32. The third kappa shape index (κ3) is 8.97. The van der Waals surface area contributed by atoms with Crippen molar-refractivity contribution in [3.63, 3.8) is 0 Å². The molecule has 1 rings (SSSR count). The molecule has 26 heavy (non-hydrogen) atoms. The number of hydrogen-bond donors (Lipinski definition) is 3. The molecule has 2 unspecified atom stereocenters. The summed E-state index contributed by atoms with van der Waals surface area (Å²) in [5.74, 6) is 0.0588. The fourth-order valence-corrected chi connectivity index (χ4v) is 5.29. The van der Waals surface area contributed by atoms with Gasteiger partial charge < -0.3 is 15.7 Å². The highest BCUT2D eigenvalue weighted by atomic mass is 32.2. The summed E-state index contributed by atoms with van der Waals surface area (Å²) in [5, 5.41) is 17.7. The first-order chi connectivity index (χ1) is 12.0. The van der Waals surface area contributed by atoms with Crippen LogP contribution in [0.1, 0.15) is 20.3 Å². The summed E-state index contributed by atoms with van der Waals surface area (Å²) < 4.78 is 47.0. The second-order valence-corrected chi connectivity index (χ2v) is 11.5. The maximum atomic E-state index is 12.1. The fraction of sp³-hybridized carbons (Fsp3) is 0.667.